The van der Waals surface area contributed by atoms with Crippen molar-refractivity contribution in [1.29, 1.82) is 0 Å². The second-order valence-electron chi connectivity index (χ2n) is 3.88. The Labute approximate surface area is 95.9 Å². The molecule has 0 saturated carbocycles. The van der Waals surface area contributed by atoms with Crippen molar-refractivity contribution in [3.63, 3.8) is 0 Å². The molecule has 0 aliphatic heterocycles. The number of carbonyl (C=O) groups excluding carboxylic acids is 2. The lowest BCUT2D eigenvalue weighted by atomic mass is 10.0. The first-order chi connectivity index (χ1) is 7.56. The highest BCUT2D eigenvalue weighted by Crippen LogP contribution is 2.15. The van der Waals surface area contributed by atoms with Gasteiger partial charge in [0.2, 0.25) is 5.91 Å². The molecule has 0 spiro atoms. The number of anilines is 1. The summed E-state index contributed by atoms with van der Waals surface area (Å²) in [6.45, 7) is 5.21. The summed E-state index contributed by atoms with van der Waals surface area (Å²) in [5.41, 5.74) is 1.77. The number of rotatable bonds is 4. The Bertz CT molecular complexity index is 399. The van der Waals surface area contributed by atoms with Gasteiger partial charge in [0.1, 0.15) is 5.78 Å². The van der Waals surface area contributed by atoms with Crippen LogP contribution in [0.25, 0.3) is 0 Å². The lowest BCUT2D eigenvalue weighted by Gasteiger charge is -2.13. The van der Waals surface area contributed by atoms with Gasteiger partial charge in [-0.25, -0.2) is 0 Å². The summed E-state index contributed by atoms with van der Waals surface area (Å²) in [4.78, 5) is 23.0. The highest BCUT2D eigenvalue weighted by atomic mass is 16.2. The molecule has 0 aliphatic rings. The van der Waals surface area contributed by atoms with E-state index in [0.29, 0.717) is 6.42 Å². The molecule has 1 N–H and O–H groups in total. The van der Waals surface area contributed by atoms with Gasteiger partial charge < -0.3 is 5.32 Å². The first-order valence-corrected chi connectivity index (χ1v) is 5.43. The van der Waals surface area contributed by atoms with Crippen LogP contribution in [0.4, 0.5) is 5.69 Å². The minimum absolute atomic E-state index is 0.0893. The monoisotopic (exact) mass is 219 g/mol. The van der Waals surface area contributed by atoms with Crippen LogP contribution in [0.1, 0.15) is 25.8 Å². The maximum Gasteiger partial charge on any atom is 0.234 e. The number of hydrogen-bond acceptors (Lipinski definition) is 2. The number of Topliss-reactive ketones (excluding diaryl/α,β-unsaturated/α-hetero) is 1. The van der Waals surface area contributed by atoms with E-state index in [1.807, 2.05) is 38.1 Å². The van der Waals surface area contributed by atoms with Crippen LogP contribution in [0.2, 0.25) is 0 Å². The molecule has 1 amide bonds. The van der Waals surface area contributed by atoms with Gasteiger partial charge in [-0.3, -0.25) is 9.59 Å². The van der Waals surface area contributed by atoms with Crippen LogP contribution in [0.3, 0.4) is 0 Å². The summed E-state index contributed by atoms with van der Waals surface area (Å²) >= 11 is 0. The van der Waals surface area contributed by atoms with E-state index in [1.165, 1.54) is 6.92 Å². The lowest BCUT2D eigenvalue weighted by Crippen LogP contribution is -2.27. The Kier molecular flexibility index (Phi) is 4.23. The largest absolute Gasteiger partial charge is 0.325 e. The third-order valence-electron chi connectivity index (χ3n) is 2.62. The van der Waals surface area contributed by atoms with Crippen molar-refractivity contribution in [3.8, 4) is 0 Å². The van der Waals surface area contributed by atoms with Crippen LogP contribution < -0.4 is 5.32 Å². The fourth-order valence-electron chi connectivity index (χ4n) is 1.59. The minimum atomic E-state index is -0.542. The van der Waals surface area contributed by atoms with Gasteiger partial charge in [-0.2, -0.15) is 0 Å². The SMILES string of the molecule is CC[C@@H](C(C)=O)C(=O)Nc1ccccc1C. The topological polar surface area (TPSA) is 46.2 Å². The normalized spacial score (nSPS) is 11.9. The molecule has 0 radical (unpaired) electrons. The Morgan fingerprint density at radius 2 is 1.94 bits per heavy atom. The van der Waals surface area contributed by atoms with Crippen LogP contribution in [0, 0.1) is 12.8 Å². The lowest BCUT2D eigenvalue weighted by molar-refractivity contribution is -0.129. The molecule has 0 bridgehead atoms. The molecule has 86 valence electrons. The number of benzene rings is 1. The molecular formula is C13H17NO2. The maximum atomic E-state index is 11.8. The van der Waals surface area contributed by atoms with E-state index < -0.39 is 5.92 Å². The van der Waals surface area contributed by atoms with E-state index in [-0.39, 0.29) is 11.7 Å². The molecule has 0 heterocycles. The van der Waals surface area contributed by atoms with Gasteiger partial charge in [-0.1, -0.05) is 25.1 Å². The highest BCUT2D eigenvalue weighted by molar-refractivity contribution is 6.06. The Morgan fingerprint density at radius 3 is 2.44 bits per heavy atom. The smallest absolute Gasteiger partial charge is 0.234 e. The molecule has 3 nitrogen and oxygen atoms in total. The van der Waals surface area contributed by atoms with Gasteiger partial charge in [0.05, 0.1) is 5.92 Å². The van der Waals surface area contributed by atoms with Crippen LogP contribution >= 0.6 is 0 Å². The molecule has 1 aromatic rings. The molecule has 0 aromatic heterocycles. The van der Waals surface area contributed by atoms with Crippen molar-refractivity contribution in [1.82, 2.24) is 0 Å². The van der Waals surface area contributed by atoms with Crippen LogP contribution in [0.5, 0.6) is 0 Å². The molecular weight excluding hydrogens is 202 g/mol. The summed E-state index contributed by atoms with van der Waals surface area (Å²) in [5.74, 6) is -0.850. The fraction of sp³-hybridized carbons (Fsp3) is 0.385. The van der Waals surface area contributed by atoms with E-state index in [9.17, 15) is 9.59 Å². The number of hydrogen-bond donors (Lipinski definition) is 1. The fourth-order valence-corrected chi connectivity index (χ4v) is 1.59. The minimum Gasteiger partial charge on any atom is -0.325 e. The van der Waals surface area contributed by atoms with Crippen molar-refractivity contribution >= 4 is 17.4 Å². The summed E-state index contributed by atoms with van der Waals surface area (Å²) < 4.78 is 0. The molecule has 3 heteroatoms. The molecule has 0 fully saturated rings. The predicted octanol–water partition coefficient (Wildman–Crippen LogP) is 2.55. The summed E-state index contributed by atoms with van der Waals surface area (Å²) in [6, 6.07) is 7.52. The summed E-state index contributed by atoms with van der Waals surface area (Å²) in [7, 11) is 0. The number of ketones is 1. The Balaban J connectivity index is 2.78. The van der Waals surface area contributed by atoms with Crippen molar-refractivity contribution in [2.24, 2.45) is 5.92 Å². The van der Waals surface area contributed by atoms with Crippen molar-refractivity contribution in [2.45, 2.75) is 27.2 Å². The predicted molar refractivity (Wildman–Crippen MR) is 64.3 cm³/mol. The first-order valence-electron chi connectivity index (χ1n) is 5.43. The van der Waals surface area contributed by atoms with Crippen LogP contribution in [0.15, 0.2) is 24.3 Å². The van der Waals surface area contributed by atoms with Gasteiger partial charge in [-0.05, 0) is 31.9 Å². The second-order valence-corrected chi connectivity index (χ2v) is 3.88. The van der Waals surface area contributed by atoms with E-state index in [1.54, 1.807) is 0 Å². The van der Waals surface area contributed by atoms with Gasteiger partial charge in [0.15, 0.2) is 0 Å². The maximum absolute atomic E-state index is 11.8. The molecule has 1 aromatic carbocycles. The molecule has 0 aliphatic carbocycles. The molecule has 16 heavy (non-hydrogen) atoms. The van der Waals surface area contributed by atoms with Gasteiger partial charge in [0, 0.05) is 5.69 Å². The summed E-state index contributed by atoms with van der Waals surface area (Å²) in [5, 5.41) is 2.78. The first kappa shape index (κ1) is 12.4. The van der Waals surface area contributed by atoms with E-state index >= 15 is 0 Å². The van der Waals surface area contributed by atoms with E-state index in [0.717, 1.165) is 11.3 Å². The quantitative estimate of drug-likeness (QED) is 0.791. The van der Waals surface area contributed by atoms with E-state index in [2.05, 4.69) is 5.32 Å². The third kappa shape index (κ3) is 2.92. The molecule has 0 saturated heterocycles. The van der Waals surface area contributed by atoms with Gasteiger partial charge in [-0.15, -0.1) is 0 Å². The zero-order chi connectivity index (χ0) is 12.1. The number of para-hydroxylation sites is 1. The average molecular weight is 219 g/mol. The Morgan fingerprint density at radius 1 is 1.31 bits per heavy atom. The Hall–Kier alpha value is -1.64. The van der Waals surface area contributed by atoms with Crippen molar-refractivity contribution in [2.75, 3.05) is 5.32 Å². The zero-order valence-electron chi connectivity index (χ0n) is 9.91. The van der Waals surface area contributed by atoms with Crippen molar-refractivity contribution < 1.29 is 9.59 Å². The average Bonchev–Trinajstić information content (AvgIpc) is 2.22. The van der Waals surface area contributed by atoms with Gasteiger partial charge in [0.25, 0.3) is 0 Å². The number of nitrogens with one attached hydrogen (secondary N) is 1. The number of amides is 1. The molecule has 1 atom stereocenters. The highest BCUT2D eigenvalue weighted by Gasteiger charge is 2.21. The standard InChI is InChI=1S/C13H17NO2/c1-4-11(10(3)15)13(16)14-12-8-6-5-7-9(12)2/h5-8,11H,4H2,1-3H3,(H,14,16)/t11-/m0/s1. The van der Waals surface area contributed by atoms with Crippen LogP contribution in [-0.2, 0) is 9.59 Å². The number of carbonyl (C=O) groups is 2. The summed E-state index contributed by atoms with van der Waals surface area (Å²) in [6.07, 6.45) is 0.535. The molecule has 0 unspecified atom stereocenters. The zero-order valence-corrected chi connectivity index (χ0v) is 9.91. The van der Waals surface area contributed by atoms with Gasteiger partial charge >= 0.3 is 0 Å². The number of aryl methyl sites for hydroxylation is 1. The van der Waals surface area contributed by atoms with Crippen molar-refractivity contribution in [3.05, 3.63) is 29.8 Å². The second kappa shape index (κ2) is 5.45. The third-order valence-corrected chi connectivity index (χ3v) is 2.62. The van der Waals surface area contributed by atoms with E-state index in [4.69, 9.17) is 0 Å². The molecule has 1 rings (SSSR count). The van der Waals surface area contributed by atoms with Crippen LogP contribution in [-0.4, -0.2) is 11.7 Å².